The lowest BCUT2D eigenvalue weighted by atomic mass is 10.1. The van der Waals surface area contributed by atoms with Crippen molar-refractivity contribution in [2.75, 3.05) is 13.6 Å². The van der Waals surface area contributed by atoms with Gasteiger partial charge in [0.15, 0.2) is 0 Å². The van der Waals surface area contributed by atoms with Crippen LogP contribution in [0.1, 0.15) is 29.9 Å². The number of ether oxygens (including phenoxy) is 1. The second-order valence-corrected chi connectivity index (χ2v) is 5.62. The Bertz CT molecular complexity index is 608. The van der Waals surface area contributed by atoms with Crippen LogP contribution in [0.5, 0.6) is 5.75 Å². The molecule has 1 aliphatic heterocycles. The van der Waals surface area contributed by atoms with Crippen LogP contribution in [-0.2, 0) is 13.0 Å². The molecule has 20 heavy (non-hydrogen) atoms. The Kier molecular flexibility index (Phi) is 3.72. The van der Waals surface area contributed by atoms with Crippen LogP contribution in [0.3, 0.4) is 0 Å². The number of likely N-dealkylation sites (N-methyl/N-ethyl adjacent to an activating group) is 1. The minimum absolute atomic E-state index is 0.00776. The molecule has 0 spiro atoms. The minimum Gasteiger partial charge on any atom is -0.484 e. The number of benzene rings is 1. The first-order valence-corrected chi connectivity index (χ1v) is 7.25. The molecule has 0 aliphatic carbocycles. The summed E-state index contributed by atoms with van der Waals surface area (Å²) < 4.78 is 11.7. The maximum absolute atomic E-state index is 6.15. The first kappa shape index (κ1) is 13.5. The van der Waals surface area contributed by atoms with Gasteiger partial charge < -0.3 is 9.15 Å². The van der Waals surface area contributed by atoms with Gasteiger partial charge in [-0.15, -0.1) is 0 Å². The Morgan fingerprint density at radius 3 is 3.05 bits per heavy atom. The summed E-state index contributed by atoms with van der Waals surface area (Å²) in [5, 5.41) is 0.796. The highest BCUT2D eigenvalue weighted by Crippen LogP contribution is 2.32. The van der Waals surface area contributed by atoms with Gasteiger partial charge in [-0.2, -0.15) is 0 Å². The molecule has 2 heterocycles. The summed E-state index contributed by atoms with van der Waals surface area (Å²) in [5.74, 6) is 1.85. The van der Waals surface area contributed by atoms with E-state index in [0.29, 0.717) is 0 Å². The van der Waals surface area contributed by atoms with Gasteiger partial charge in [-0.1, -0.05) is 18.5 Å². The summed E-state index contributed by atoms with van der Waals surface area (Å²) in [6.07, 6.45) is 2.64. The third-order valence-corrected chi connectivity index (χ3v) is 4.06. The predicted octanol–water partition coefficient (Wildman–Crippen LogP) is 4.06. The zero-order chi connectivity index (χ0) is 14.1. The van der Waals surface area contributed by atoms with E-state index in [2.05, 4.69) is 18.9 Å². The molecular formula is C16H18ClNO2. The molecule has 4 heteroatoms. The Hall–Kier alpha value is -1.45. The average Bonchev–Trinajstić information content (AvgIpc) is 2.89. The van der Waals surface area contributed by atoms with Gasteiger partial charge in [-0.25, -0.2) is 0 Å². The van der Waals surface area contributed by atoms with Crippen molar-refractivity contribution < 1.29 is 9.15 Å². The molecule has 0 amide bonds. The molecule has 1 unspecified atom stereocenters. The lowest BCUT2D eigenvalue weighted by Gasteiger charge is -2.29. The maximum Gasteiger partial charge on any atom is 0.140 e. The molecule has 1 atom stereocenters. The van der Waals surface area contributed by atoms with Crippen LogP contribution >= 0.6 is 11.6 Å². The van der Waals surface area contributed by atoms with Gasteiger partial charge in [0.25, 0.3) is 0 Å². The normalized spacial score (nSPS) is 18.9. The molecule has 0 saturated carbocycles. The lowest BCUT2D eigenvalue weighted by Crippen LogP contribution is -2.32. The van der Waals surface area contributed by atoms with E-state index in [1.165, 1.54) is 0 Å². The molecule has 106 valence electrons. The number of hydrogen-bond donors (Lipinski definition) is 0. The van der Waals surface area contributed by atoms with Crippen molar-refractivity contribution in [2.45, 2.75) is 26.0 Å². The van der Waals surface area contributed by atoms with Crippen LogP contribution in [0, 0.1) is 0 Å². The Balaban J connectivity index is 1.85. The van der Waals surface area contributed by atoms with Crippen molar-refractivity contribution in [3.63, 3.8) is 0 Å². The molecule has 1 aromatic carbocycles. The van der Waals surface area contributed by atoms with Gasteiger partial charge >= 0.3 is 0 Å². The van der Waals surface area contributed by atoms with E-state index in [9.17, 15) is 0 Å². The van der Waals surface area contributed by atoms with Crippen LogP contribution < -0.4 is 4.74 Å². The van der Waals surface area contributed by atoms with E-state index in [1.54, 1.807) is 6.26 Å². The number of nitrogens with zero attached hydrogens (tertiary/aromatic N) is 1. The number of furan rings is 1. The zero-order valence-electron chi connectivity index (χ0n) is 11.7. The van der Waals surface area contributed by atoms with E-state index < -0.39 is 0 Å². The first-order valence-electron chi connectivity index (χ1n) is 6.87. The summed E-state index contributed by atoms with van der Waals surface area (Å²) >= 11 is 6.15. The molecule has 3 nitrogen and oxygen atoms in total. The van der Waals surface area contributed by atoms with Gasteiger partial charge in [0.05, 0.1) is 12.8 Å². The summed E-state index contributed by atoms with van der Waals surface area (Å²) in [7, 11) is 2.07. The zero-order valence-corrected chi connectivity index (χ0v) is 12.5. The molecule has 0 bridgehead atoms. The van der Waals surface area contributed by atoms with Gasteiger partial charge in [0, 0.05) is 17.1 Å². The molecule has 3 rings (SSSR count). The molecule has 1 aliphatic rings. The predicted molar refractivity (Wildman–Crippen MR) is 79.2 cm³/mol. The molecule has 0 radical (unpaired) electrons. The molecule has 0 saturated heterocycles. The average molecular weight is 292 g/mol. The van der Waals surface area contributed by atoms with Crippen molar-refractivity contribution in [1.82, 2.24) is 4.90 Å². The molecule has 1 aromatic heterocycles. The number of halogens is 1. The van der Waals surface area contributed by atoms with Crippen LogP contribution in [0.15, 0.2) is 34.9 Å². The fourth-order valence-corrected chi connectivity index (χ4v) is 2.87. The van der Waals surface area contributed by atoms with E-state index >= 15 is 0 Å². The van der Waals surface area contributed by atoms with Gasteiger partial charge in [0.1, 0.15) is 17.6 Å². The van der Waals surface area contributed by atoms with E-state index in [0.717, 1.165) is 47.2 Å². The molecule has 0 N–H and O–H groups in total. The Labute approximate surface area is 124 Å². The second kappa shape index (κ2) is 5.51. The largest absolute Gasteiger partial charge is 0.484 e. The fraction of sp³-hybridized carbons (Fsp3) is 0.375. The number of rotatable bonds is 3. The lowest BCUT2D eigenvalue weighted by molar-refractivity contribution is 0.120. The van der Waals surface area contributed by atoms with Crippen LogP contribution in [-0.4, -0.2) is 18.5 Å². The highest BCUT2D eigenvalue weighted by Gasteiger charge is 2.27. The third-order valence-electron chi connectivity index (χ3n) is 3.69. The van der Waals surface area contributed by atoms with Crippen LogP contribution in [0.25, 0.3) is 0 Å². The monoisotopic (exact) mass is 291 g/mol. The van der Waals surface area contributed by atoms with E-state index in [1.807, 2.05) is 24.3 Å². The second-order valence-electron chi connectivity index (χ2n) is 5.21. The minimum atomic E-state index is 0.00776. The first-order chi connectivity index (χ1) is 9.67. The number of fused-ring (bicyclic) bond motifs is 1. The van der Waals surface area contributed by atoms with Crippen molar-refractivity contribution in [3.8, 4) is 5.75 Å². The summed E-state index contributed by atoms with van der Waals surface area (Å²) in [4.78, 5) is 2.20. The summed E-state index contributed by atoms with van der Waals surface area (Å²) in [6, 6.07) is 7.86. The van der Waals surface area contributed by atoms with Crippen molar-refractivity contribution in [3.05, 3.63) is 52.4 Å². The Morgan fingerprint density at radius 1 is 1.40 bits per heavy atom. The van der Waals surface area contributed by atoms with Crippen molar-refractivity contribution in [2.24, 2.45) is 0 Å². The highest BCUT2D eigenvalue weighted by molar-refractivity contribution is 6.31. The van der Waals surface area contributed by atoms with Gasteiger partial charge in [0.2, 0.25) is 0 Å². The number of aryl methyl sites for hydroxylation is 1. The van der Waals surface area contributed by atoms with Crippen LogP contribution in [0.2, 0.25) is 5.02 Å². The fourth-order valence-electron chi connectivity index (χ4n) is 2.62. The molecule has 0 fully saturated rings. The van der Waals surface area contributed by atoms with Crippen LogP contribution in [0.4, 0.5) is 0 Å². The molecule has 2 aromatic rings. The SMILES string of the molecule is CCc1cc(OC2CN(C)Cc3occc32)ccc1Cl. The highest BCUT2D eigenvalue weighted by atomic mass is 35.5. The quantitative estimate of drug-likeness (QED) is 0.853. The smallest absolute Gasteiger partial charge is 0.140 e. The molecular weight excluding hydrogens is 274 g/mol. The van der Waals surface area contributed by atoms with Gasteiger partial charge in [-0.05, 0) is 43.3 Å². The van der Waals surface area contributed by atoms with E-state index in [4.69, 9.17) is 20.8 Å². The van der Waals surface area contributed by atoms with E-state index in [-0.39, 0.29) is 6.10 Å². The maximum atomic E-state index is 6.15. The topological polar surface area (TPSA) is 25.6 Å². The van der Waals surface area contributed by atoms with Crippen molar-refractivity contribution in [1.29, 1.82) is 0 Å². The summed E-state index contributed by atoms with van der Waals surface area (Å²) in [6.45, 7) is 3.78. The summed E-state index contributed by atoms with van der Waals surface area (Å²) in [5.41, 5.74) is 2.26. The standard InChI is InChI=1S/C16H18ClNO2/c1-3-11-8-12(4-5-14(11)17)20-16-10-18(2)9-15-13(16)6-7-19-15/h4-8,16H,3,9-10H2,1-2H3. The number of hydrogen-bond acceptors (Lipinski definition) is 3. The third kappa shape index (κ3) is 2.56. The van der Waals surface area contributed by atoms with Gasteiger partial charge in [-0.3, -0.25) is 4.90 Å². The van der Waals surface area contributed by atoms with Crippen molar-refractivity contribution >= 4 is 11.6 Å². The Morgan fingerprint density at radius 2 is 2.25 bits per heavy atom.